The largest absolute Gasteiger partial charge is 0.480 e. The van der Waals surface area contributed by atoms with Gasteiger partial charge in [-0.25, -0.2) is 9.78 Å². The Morgan fingerprint density at radius 3 is 2.36 bits per heavy atom. The molecule has 0 atom stereocenters. The minimum absolute atomic E-state index is 0.0158. The number of imidazole rings is 1. The first-order valence-electron chi connectivity index (χ1n) is 10.6. The van der Waals surface area contributed by atoms with Gasteiger partial charge in [-0.2, -0.15) is 0 Å². The van der Waals surface area contributed by atoms with Crippen LogP contribution in [-0.4, -0.2) is 33.3 Å². The lowest BCUT2D eigenvalue weighted by Crippen LogP contribution is -2.18. The van der Waals surface area contributed by atoms with E-state index in [9.17, 15) is 9.59 Å². The molecule has 0 fully saturated rings. The second-order valence-electron chi connectivity index (χ2n) is 7.80. The number of carboxylic acid groups (broad SMARTS) is 1. The highest BCUT2D eigenvalue weighted by Crippen LogP contribution is 2.44. The van der Waals surface area contributed by atoms with Crippen molar-refractivity contribution in [2.24, 2.45) is 0 Å². The molecule has 1 amide bonds. The van der Waals surface area contributed by atoms with Crippen molar-refractivity contribution in [1.29, 1.82) is 0 Å². The van der Waals surface area contributed by atoms with E-state index in [2.05, 4.69) is 34.6 Å². The summed E-state index contributed by atoms with van der Waals surface area (Å²) in [5.41, 5.74) is 5.88. The first-order valence-corrected chi connectivity index (χ1v) is 10.6. The fourth-order valence-corrected chi connectivity index (χ4v) is 4.33. The minimum Gasteiger partial charge on any atom is -0.480 e. The van der Waals surface area contributed by atoms with Crippen molar-refractivity contribution in [1.82, 2.24) is 9.55 Å². The highest BCUT2D eigenvalue weighted by Gasteiger charge is 2.29. The fourth-order valence-electron chi connectivity index (χ4n) is 4.33. The van der Waals surface area contributed by atoms with Gasteiger partial charge in [0.15, 0.2) is 0 Å². The van der Waals surface area contributed by atoms with Crippen LogP contribution < -0.4 is 5.32 Å². The molecule has 3 aromatic carbocycles. The summed E-state index contributed by atoms with van der Waals surface area (Å²) in [5.74, 6) is -0.464. The van der Waals surface area contributed by atoms with Crippen molar-refractivity contribution in [3.8, 4) is 22.5 Å². The van der Waals surface area contributed by atoms with Gasteiger partial charge in [-0.15, -0.1) is 0 Å². The molecule has 5 rings (SSSR count). The van der Waals surface area contributed by atoms with Gasteiger partial charge in [0, 0.05) is 29.6 Å². The van der Waals surface area contributed by atoms with Gasteiger partial charge in [-0.3, -0.25) is 10.1 Å². The Bertz CT molecular complexity index is 1300. The average molecular weight is 439 g/mol. The molecule has 1 aromatic heterocycles. The number of carboxylic acids is 1. The molecule has 0 unspecified atom stereocenters. The van der Waals surface area contributed by atoms with E-state index in [-0.39, 0.29) is 19.1 Å². The van der Waals surface area contributed by atoms with Crippen molar-refractivity contribution in [2.45, 2.75) is 12.5 Å². The molecule has 4 aromatic rings. The predicted molar refractivity (Wildman–Crippen MR) is 124 cm³/mol. The quantitative estimate of drug-likeness (QED) is 0.441. The fraction of sp³-hybridized carbons (Fsp3) is 0.115. The van der Waals surface area contributed by atoms with Crippen LogP contribution in [0.3, 0.4) is 0 Å². The number of nitrogens with zero attached hydrogens (tertiary/aromatic N) is 2. The van der Waals surface area contributed by atoms with E-state index in [1.54, 1.807) is 30.6 Å². The molecule has 0 radical (unpaired) electrons. The number of anilines is 1. The van der Waals surface area contributed by atoms with Gasteiger partial charge < -0.3 is 14.4 Å². The number of aliphatic carboxylic acids is 1. The smallest absolute Gasteiger partial charge is 0.411 e. The molecule has 1 heterocycles. The molecule has 2 N–H and O–H groups in total. The van der Waals surface area contributed by atoms with Crippen LogP contribution in [-0.2, 0) is 16.1 Å². The summed E-state index contributed by atoms with van der Waals surface area (Å²) < 4.78 is 7.14. The third-order valence-electron chi connectivity index (χ3n) is 5.73. The number of nitrogens with one attached hydrogen (secondary N) is 1. The summed E-state index contributed by atoms with van der Waals surface area (Å²) in [4.78, 5) is 27.9. The lowest BCUT2D eigenvalue weighted by molar-refractivity contribution is -0.137. The first kappa shape index (κ1) is 20.5. The van der Waals surface area contributed by atoms with Crippen LogP contribution in [0.1, 0.15) is 17.0 Å². The van der Waals surface area contributed by atoms with Crippen LogP contribution in [0.2, 0.25) is 0 Å². The second-order valence-corrected chi connectivity index (χ2v) is 7.80. The summed E-state index contributed by atoms with van der Waals surface area (Å²) in [6.07, 6.45) is 2.60. The molecule has 0 saturated heterocycles. The number of carbonyl (C=O) groups is 2. The van der Waals surface area contributed by atoms with E-state index in [4.69, 9.17) is 9.84 Å². The molecule has 33 heavy (non-hydrogen) atoms. The number of fused-ring (bicyclic) bond motifs is 3. The molecule has 0 saturated carbocycles. The Kier molecular flexibility index (Phi) is 5.36. The summed E-state index contributed by atoms with van der Waals surface area (Å²) in [6.45, 7) is 0.0297. The first-order chi connectivity index (χ1) is 16.1. The molecule has 0 bridgehead atoms. The van der Waals surface area contributed by atoms with Gasteiger partial charge in [-0.05, 0) is 34.4 Å². The summed E-state index contributed by atoms with van der Waals surface area (Å²) in [5, 5.41) is 11.8. The summed E-state index contributed by atoms with van der Waals surface area (Å²) in [7, 11) is 0. The minimum atomic E-state index is -0.956. The molecule has 0 spiro atoms. The highest BCUT2D eigenvalue weighted by molar-refractivity contribution is 5.86. The van der Waals surface area contributed by atoms with Gasteiger partial charge in [-0.1, -0.05) is 60.7 Å². The Morgan fingerprint density at radius 2 is 1.67 bits per heavy atom. The van der Waals surface area contributed by atoms with E-state index in [1.165, 1.54) is 15.7 Å². The van der Waals surface area contributed by atoms with Gasteiger partial charge in [0.1, 0.15) is 19.0 Å². The summed E-state index contributed by atoms with van der Waals surface area (Å²) >= 11 is 0. The molecule has 1 aliphatic carbocycles. The second kappa shape index (κ2) is 8.63. The van der Waals surface area contributed by atoms with Crippen molar-refractivity contribution < 1.29 is 19.4 Å². The van der Waals surface area contributed by atoms with Crippen molar-refractivity contribution in [3.05, 3.63) is 96.3 Å². The van der Waals surface area contributed by atoms with Gasteiger partial charge in [0.2, 0.25) is 0 Å². The highest BCUT2D eigenvalue weighted by atomic mass is 16.5. The van der Waals surface area contributed by atoms with E-state index in [0.29, 0.717) is 17.1 Å². The van der Waals surface area contributed by atoms with Crippen molar-refractivity contribution in [2.75, 3.05) is 11.9 Å². The standard InChI is InChI=1S/C26H21N3O4/c30-24(31)15-29-13-12-27-25(29)17-6-5-7-18(14-17)28-26(32)33-16-23-21-10-3-1-8-19(21)20-9-2-4-11-22(20)23/h1-14,23H,15-16H2,(H,28,32)(H,30,31). The third kappa shape index (κ3) is 4.08. The van der Waals surface area contributed by atoms with E-state index < -0.39 is 12.1 Å². The topological polar surface area (TPSA) is 93.5 Å². The maximum atomic E-state index is 12.6. The molecule has 7 nitrogen and oxygen atoms in total. The maximum Gasteiger partial charge on any atom is 0.411 e. The van der Waals surface area contributed by atoms with Crippen molar-refractivity contribution in [3.63, 3.8) is 0 Å². The average Bonchev–Trinajstić information content (AvgIpc) is 3.40. The number of aromatic nitrogens is 2. The predicted octanol–water partition coefficient (Wildman–Crippen LogP) is 5.00. The van der Waals surface area contributed by atoms with E-state index >= 15 is 0 Å². The lowest BCUT2D eigenvalue weighted by atomic mass is 9.98. The van der Waals surface area contributed by atoms with Gasteiger partial charge in [0.05, 0.1) is 0 Å². The Balaban J connectivity index is 1.29. The van der Waals surface area contributed by atoms with Gasteiger partial charge in [0.25, 0.3) is 0 Å². The van der Waals surface area contributed by atoms with Crippen LogP contribution in [0.5, 0.6) is 0 Å². The third-order valence-corrected chi connectivity index (χ3v) is 5.73. The normalized spacial score (nSPS) is 12.1. The molecular weight excluding hydrogens is 418 g/mol. The van der Waals surface area contributed by atoms with Gasteiger partial charge >= 0.3 is 12.1 Å². The zero-order valence-corrected chi connectivity index (χ0v) is 17.6. The molecule has 1 aliphatic rings. The zero-order valence-electron chi connectivity index (χ0n) is 17.6. The Hall–Kier alpha value is -4.39. The number of rotatable bonds is 6. The molecular formula is C26H21N3O4. The number of hydrogen-bond donors (Lipinski definition) is 2. The molecule has 0 aliphatic heterocycles. The van der Waals surface area contributed by atoms with Crippen LogP contribution in [0.4, 0.5) is 10.5 Å². The Labute approximate surface area is 190 Å². The van der Waals surface area contributed by atoms with Crippen LogP contribution >= 0.6 is 0 Å². The zero-order chi connectivity index (χ0) is 22.8. The maximum absolute atomic E-state index is 12.6. The van der Waals surface area contributed by atoms with E-state index in [1.807, 2.05) is 30.3 Å². The lowest BCUT2D eigenvalue weighted by Gasteiger charge is -2.15. The number of hydrogen-bond acceptors (Lipinski definition) is 4. The number of amides is 1. The summed E-state index contributed by atoms with van der Waals surface area (Å²) in [6, 6.07) is 23.4. The van der Waals surface area contributed by atoms with Crippen LogP contribution in [0, 0.1) is 0 Å². The number of ether oxygens (including phenoxy) is 1. The molecule has 164 valence electrons. The number of carbonyl (C=O) groups excluding carboxylic acids is 1. The SMILES string of the molecule is O=C(O)Cn1ccnc1-c1cccc(NC(=O)OCC2c3ccccc3-c3ccccc32)c1. The van der Waals surface area contributed by atoms with Crippen molar-refractivity contribution >= 4 is 17.7 Å². The van der Waals surface area contributed by atoms with E-state index in [0.717, 1.165) is 11.1 Å². The van der Waals surface area contributed by atoms with Crippen LogP contribution in [0.25, 0.3) is 22.5 Å². The Morgan fingerprint density at radius 1 is 0.970 bits per heavy atom. The monoisotopic (exact) mass is 439 g/mol. The number of benzene rings is 3. The molecule has 7 heteroatoms. The van der Waals surface area contributed by atoms with Crippen LogP contribution in [0.15, 0.2) is 85.2 Å².